The van der Waals surface area contributed by atoms with Crippen LogP contribution in [0.3, 0.4) is 0 Å². The third-order valence-electron chi connectivity index (χ3n) is 2.24. The maximum Gasteiger partial charge on any atom is 0.0275 e. The number of rotatable bonds is 1. The number of hydrogen-bond donors (Lipinski definition) is 0. The number of nitrogens with zero attached hydrogens (tertiary/aromatic N) is 1. The lowest BCUT2D eigenvalue weighted by Gasteiger charge is -2.29. The lowest BCUT2D eigenvalue weighted by atomic mass is 10.0. The van der Waals surface area contributed by atoms with Gasteiger partial charge in [0.15, 0.2) is 0 Å². The van der Waals surface area contributed by atoms with E-state index in [1.165, 1.54) is 25.8 Å². The summed E-state index contributed by atoms with van der Waals surface area (Å²) >= 11 is 0. The van der Waals surface area contributed by atoms with E-state index in [9.17, 15) is 0 Å². The Balaban J connectivity index is 2.39. The Morgan fingerprint density at radius 3 is 2.80 bits per heavy atom. The van der Waals surface area contributed by atoms with E-state index >= 15 is 0 Å². The molecule has 1 unspecified atom stereocenters. The molecular formula is C9H17N. The van der Waals surface area contributed by atoms with E-state index in [4.69, 9.17) is 0 Å². The number of hydrogen-bond acceptors (Lipinski definition) is 1. The van der Waals surface area contributed by atoms with Crippen LogP contribution in [0.1, 0.15) is 26.2 Å². The minimum atomic E-state index is 0.721. The molecule has 1 nitrogen and oxygen atoms in total. The van der Waals surface area contributed by atoms with Crippen molar-refractivity contribution in [3.8, 4) is 0 Å². The average molecular weight is 139 g/mol. The maximum atomic E-state index is 2.43. The van der Waals surface area contributed by atoms with Gasteiger partial charge < -0.3 is 0 Å². The first-order chi connectivity index (χ1) is 4.84. The first kappa shape index (κ1) is 7.80. The zero-order chi connectivity index (χ0) is 7.40. The van der Waals surface area contributed by atoms with Crippen molar-refractivity contribution >= 4 is 0 Å². The summed E-state index contributed by atoms with van der Waals surface area (Å²) in [5.74, 6) is 0. The van der Waals surface area contributed by atoms with Crippen LogP contribution in [0.15, 0.2) is 12.2 Å². The van der Waals surface area contributed by atoms with E-state index in [1.54, 1.807) is 0 Å². The highest BCUT2D eigenvalue weighted by Gasteiger charge is 2.14. The van der Waals surface area contributed by atoms with Crippen LogP contribution >= 0.6 is 0 Å². The Bertz CT molecular complexity index is 118. The monoisotopic (exact) mass is 139 g/mol. The molecule has 0 aromatic rings. The van der Waals surface area contributed by atoms with Crippen LogP contribution in [0, 0.1) is 0 Å². The normalized spacial score (nSPS) is 29.6. The standard InChI is InChI=1S/C9H17N/c1-3-6-9-7-4-5-8-10(9)2/h3,6,9H,4-5,7-8H2,1-2H3/b6-3-. The van der Waals surface area contributed by atoms with Gasteiger partial charge >= 0.3 is 0 Å². The van der Waals surface area contributed by atoms with E-state index in [-0.39, 0.29) is 0 Å². The van der Waals surface area contributed by atoms with E-state index in [1.807, 2.05) is 0 Å². The Labute approximate surface area is 63.7 Å². The second-order valence-corrected chi connectivity index (χ2v) is 3.07. The molecule has 1 saturated heterocycles. The zero-order valence-corrected chi connectivity index (χ0v) is 7.01. The van der Waals surface area contributed by atoms with Crippen LogP contribution < -0.4 is 0 Å². The summed E-state index contributed by atoms with van der Waals surface area (Å²) in [6.07, 6.45) is 8.59. The SMILES string of the molecule is C/C=C\C1CCCCN1C. The molecule has 1 aliphatic rings. The van der Waals surface area contributed by atoms with Gasteiger partial charge in [-0.15, -0.1) is 0 Å². The van der Waals surface area contributed by atoms with Crippen molar-refractivity contribution in [1.82, 2.24) is 4.90 Å². The summed E-state index contributed by atoms with van der Waals surface area (Å²) in [5, 5.41) is 0. The van der Waals surface area contributed by atoms with E-state index < -0.39 is 0 Å². The Kier molecular flexibility index (Phi) is 2.94. The predicted octanol–water partition coefficient (Wildman–Crippen LogP) is 2.05. The van der Waals surface area contributed by atoms with Crippen molar-refractivity contribution in [2.45, 2.75) is 32.2 Å². The fourth-order valence-electron chi connectivity index (χ4n) is 1.57. The highest BCUT2D eigenvalue weighted by Crippen LogP contribution is 2.15. The van der Waals surface area contributed by atoms with Crippen LogP contribution in [0.5, 0.6) is 0 Å². The molecule has 0 amide bonds. The Morgan fingerprint density at radius 1 is 1.40 bits per heavy atom. The van der Waals surface area contributed by atoms with Gasteiger partial charge in [0.25, 0.3) is 0 Å². The van der Waals surface area contributed by atoms with Crippen LogP contribution in [-0.4, -0.2) is 24.5 Å². The maximum absolute atomic E-state index is 2.43. The molecule has 10 heavy (non-hydrogen) atoms. The molecule has 0 N–H and O–H groups in total. The molecule has 0 aromatic heterocycles. The first-order valence-corrected chi connectivity index (χ1v) is 4.17. The molecule has 58 valence electrons. The van der Waals surface area contributed by atoms with Gasteiger partial charge in [-0.1, -0.05) is 18.6 Å². The van der Waals surface area contributed by atoms with Gasteiger partial charge in [-0.3, -0.25) is 4.90 Å². The predicted molar refractivity (Wildman–Crippen MR) is 45.1 cm³/mol. The summed E-state index contributed by atoms with van der Waals surface area (Å²) in [6, 6.07) is 0.721. The lowest BCUT2D eigenvalue weighted by molar-refractivity contribution is 0.222. The third-order valence-corrected chi connectivity index (χ3v) is 2.24. The van der Waals surface area contributed by atoms with Gasteiger partial charge in [0.05, 0.1) is 0 Å². The highest BCUT2D eigenvalue weighted by molar-refractivity contribution is 4.93. The zero-order valence-electron chi connectivity index (χ0n) is 7.01. The molecule has 0 aliphatic carbocycles. The smallest absolute Gasteiger partial charge is 0.0275 e. The Hall–Kier alpha value is -0.300. The molecule has 1 heteroatoms. The van der Waals surface area contributed by atoms with Crippen molar-refractivity contribution in [2.24, 2.45) is 0 Å². The van der Waals surface area contributed by atoms with Gasteiger partial charge in [0.2, 0.25) is 0 Å². The number of likely N-dealkylation sites (tertiary alicyclic amines) is 1. The third kappa shape index (κ3) is 1.84. The first-order valence-electron chi connectivity index (χ1n) is 4.17. The summed E-state index contributed by atoms with van der Waals surface area (Å²) in [5.41, 5.74) is 0. The molecule has 0 aromatic carbocycles. The second kappa shape index (κ2) is 3.77. The number of allylic oxidation sites excluding steroid dienone is 1. The molecule has 1 atom stereocenters. The average Bonchev–Trinajstić information content (AvgIpc) is 1.94. The van der Waals surface area contributed by atoms with Gasteiger partial charge in [0.1, 0.15) is 0 Å². The summed E-state index contributed by atoms with van der Waals surface area (Å²) < 4.78 is 0. The van der Waals surface area contributed by atoms with Crippen LogP contribution in [0.25, 0.3) is 0 Å². The van der Waals surface area contributed by atoms with Crippen molar-refractivity contribution < 1.29 is 0 Å². The summed E-state index contributed by atoms with van der Waals surface area (Å²) in [7, 11) is 2.21. The van der Waals surface area contributed by atoms with Crippen molar-refractivity contribution in [3.05, 3.63) is 12.2 Å². The van der Waals surface area contributed by atoms with E-state index in [0.717, 1.165) is 6.04 Å². The molecular weight excluding hydrogens is 122 g/mol. The van der Waals surface area contributed by atoms with E-state index in [2.05, 4.69) is 31.0 Å². The van der Waals surface area contributed by atoms with Crippen molar-refractivity contribution in [3.63, 3.8) is 0 Å². The van der Waals surface area contributed by atoms with Crippen molar-refractivity contribution in [1.29, 1.82) is 0 Å². The molecule has 0 saturated carbocycles. The second-order valence-electron chi connectivity index (χ2n) is 3.07. The minimum Gasteiger partial charge on any atom is -0.300 e. The summed E-state index contributed by atoms with van der Waals surface area (Å²) in [6.45, 7) is 3.37. The number of likely N-dealkylation sites (N-methyl/N-ethyl adjacent to an activating group) is 1. The summed E-state index contributed by atoms with van der Waals surface area (Å²) in [4.78, 5) is 2.43. The highest BCUT2D eigenvalue weighted by atomic mass is 15.1. The molecule has 1 fully saturated rings. The fourth-order valence-corrected chi connectivity index (χ4v) is 1.57. The largest absolute Gasteiger partial charge is 0.300 e. The van der Waals surface area contributed by atoms with Crippen LogP contribution in [0.4, 0.5) is 0 Å². The van der Waals surface area contributed by atoms with Gasteiger partial charge in [-0.25, -0.2) is 0 Å². The van der Waals surface area contributed by atoms with Crippen LogP contribution in [-0.2, 0) is 0 Å². The molecule has 0 radical (unpaired) electrons. The minimum absolute atomic E-state index is 0.721. The van der Waals surface area contributed by atoms with Gasteiger partial charge in [-0.05, 0) is 33.4 Å². The van der Waals surface area contributed by atoms with Gasteiger partial charge in [0, 0.05) is 6.04 Å². The Morgan fingerprint density at radius 2 is 2.20 bits per heavy atom. The lowest BCUT2D eigenvalue weighted by Crippen LogP contribution is -2.34. The fraction of sp³-hybridized carbons (Fsp3) is 0.778. The van der Waals surface area contributed by atoms with E-state index in [0.29, 0.717) is 0 Å². The molecule has 1 aliphatic heterocycles. The number of piperidine rings is 1. The molecule has 0 bridgehead atoms. The van der Waals surface area contributed by atoms with Gasteiger partial charge in [-0.2, -0.15) is 0 Å². The quantitative estimate of drug-likeness (QED) is 0.502. The topological polar surface area (TPSA) is 3.24 Å². The van der Waals surface area contributed by atoms with Crippen molar-refractivity contribution in [2.75, 3.05) is 13.6 Å². The van der Waals surface area contributed by atoms with Crippen LogP contribution in [0.2, 0.25) is 0 Å². The molecule has 0 spiro atoms. The molecule has 1 heterocycles. The molecule has 1 rings (SSSR count).